The van der Waals surface area contributed by atoms with Crippen molar-refractivity contribution in [2.45, 2.75) is 50.8 Å². The first-order valence-corrected chi connectivity index (χ1v) is 9.37. The van der Waals surface area contributed by atoms with Gasteiger partial charge < -0.3 is 20.1 Å². The zero-order valence-corrected chi connectivity index (χ0v) is 15.4. The molecule has 5 atom stereocenters. The summed E-state index contributed by atoms with van der Waals surface area (Å²) in [6, 6.07) is 9.51. The minimum Gasteiger partial charge on any atom is -0.481 e. The van der Waals surface area contributed by atoms with Gasteiger partial charge in [-0.1, -0.05) is 18.2 Å². The molecule has 1 aromatic rings. The fourth-order valence-electron chi connectivity index (χ4n) is 4.18. The number of benzene rings is 1. The molecule has 2 aliphatic rings. The number of para-hydroxylation sites is 1. The Kier molecular flexibility index (Phi) is 6.14. The van der Waals surface area contributed by atoms with E-state index in [0.29, 0.717) is 24.7 Å². The van der Waals surface area contributed by atoms with Crippen LogP contribution in [-0.4, -0.2) is 43.7 Å². The van der Waals surface area contributed by atoms with E-state index in [-0.39, 0.29) is 29.8 Å². The van der Waals surface area contributed by atoms with E-state index in [1.807, 2.05) is 30.3 Å². The minimum atomic E-state index is -0.558. The van der Waals surface area contributed by atoms with Crippen molar-refractivity contribution < 1.29 is 19.1 Å². The lowest BCUT2D eigenvalue weighted by Gasteiger charge is -2.44. The van der Waals surface area contributed by atoms with Gasteiger partial charge in [-0.25, -0.2) is 0 Å². The van der Waals surface area contributed by atoms with Crippen molar-refractivity contribution in [2.24, 2.45) is 11.8 Å². The van der Waals surface area contributed by atoms with E-state index in [1.165, 1.54) is 0 Å². The monoisotopic (exact) mass is 360 g/mol. The van der Waals surface area contributed by atoms with Crippen LogP contribution in [0, 0.1) is 11.8 Å². The summed E-state index contributed by atoms with van der Waals surface area (Å²) < 4.78 is 11.0. The molecule has 1 saturated carbocycles. The van der Waals surface area contributed by atoms with Gasteiger partial charge in [0.15, 0.2) is 6.10 Å². The topological polar surface area (TPSA) is 76.7 Å². The second kappa shape index (κ2) is 8.54. The van der Waals surface area contributed by atoms with E-state index in [1.54, 1.807) is 14.0 Å². The van der Waals surface area contributed by atoms with Gasteiger partial charge in [0.1, 0.15) is 5.75 Å². The third kappa shape index (κ3) is 4.55. The van der Waals surface area contributed by atoms with Crippen LogP contribution in [0.4, 0.5) is 0 Å². The second-order valence-corrected chi connectivity index (χ2v) is 7.35. The molecule has 1 saturated heterocycles. The highest BCUT2D eigenvalue weighted by atomic mass is 16.5. The standard InChI is InChI=1S/C20H28N2O4/c1-13(26-16-6-4-3-5-7-16)20(24)21-15-8-9-17-14(12-25-2)10-19(23)22-18(17)11-15/h3-7,13-15,17-18H,8-12H2,1-2H3,(H,21,24)(H,22,23). The third-order valence-electron chi connectivity index (χ3n) is 5.46. The van der Waals surface area contributed by atoms with E-state index in [0.717, 1.165) is 19.3 Å². The Morgan fingerprint density at radius 3 is 2.81 bits per heavy atom. The molecule has 2 amide bonds. The summed E-state index contributed by atoms with van der Waals surface area (Å²) >= 11 is 0. The third-order valence-corrected chi connectivity index (χ3v) is 5.46. The maximum atomic E-state index is 12.5. The number of hydrogen-bond donors (Lipinski definition) is 2. The quantitative estimate of drug-likeness (QED) is 0.812. The van der Waals surface area contributed by atoms with Crippen molar-refractivity contribution in [3.63, 3.8) is 0 Å². The lowest BCUT2D eigenvalue weighted by atomic mass is 9.71. The largest absolute Gasteiger partial charge is 0.481 e. The molecule has 5 unspecified atom stereocenters. The number of fused-ring (bicyclic) bond motifs is 1. The Balaban J connectivity index is 1.53. The Morgan fingerprint density at radius 1 is 1.31 bits per heavy atom. The predicted octanol–water partition coefficient (Wildman–Crippen LogP) is 1.89. The number of rotatable bonds is 6. The number of carbonyl (C=O) groups excluding carboxylic acids is 2. The van der Waals surface area contributed by atoms with Crippen LogP contribution in [0.15, 0.2) is 30.3 Å². The summed E-state index contributed by atoms with van der Waals surface area (Å²) in [7, 11) is 1.68. The van der Waals surface area contributed by atoms with Crippen LogP contribution in [0.1, 0.15) is 32.6 Å². The van der Waals surface area contributed by atoms with E-state index in [4.69, 9.17) is 9.47 Å². The van der Waals surface area contributed by atoms with Gasteiger partial charge in [0.2, 0.25) is 5.91 Å². The van der Waals surface area contributed by atoms with Gasteiger partial charge in [-0.3, -0.25) is 9.59 Å². The van der Waals surface area contributed by atoms with Crippen LogP contribution in [0.3, 0.4) is 0 Å². The average Bonchev–Trinajstić information content (AvgIpc) is 2.62. The first-order chi connectivity index (χ1) is 12.6. The summed E-state index contributed by atoms with van der Waals surface area (Å²) in [5, 5.41) is 6.19. The molecule has 3 rings (SSSR count). The van der Waals surface area contributed by atoms with Gasteiger partial charge >= 0.3 is 0 Å². The SMILES string of the molecule is COCC1CC(=O)NC2CC(NC(=O)C(C)Oc3ccccc3)CCC12. The molecule has 2 fully saturated rings. The molecule has 1 aliphatic heterocycles. The van der Waals surface area contributed by atoms with E-state index in [9.17, 15) is 9.59 Å². The number of carbonyl (C=O) groups is 2. The summed E-state index contributed by atoms with van der Waals surface area (Å²) in [6.45, 7) is 2.37. The van der Waals surface area contributed by atoms with E-state index in [2.05, 4.69) is 10.6 Å². The highest BCUT2D eigenvalue weighted by Gasteiger charge is 2.41. The Labute approximate surface area is 154 Å². The van der Waals surface area contributed by atoms with E-state index < -0.39 is 6.10 Å². The van der Waals surface area contributed by atoms with Gasteiger partial charge in [-0.2, -0.15) is 0 Å². The molecule has 0 spiro atoms. The lowest BCUT2D eigenvalue weighted by Crippen LogP contribution is -2.56. The second-order valence-electron chi connectivity index (χ2n) is 7.35. The molecule has 6 nitrogen and oxygen atoms in total. The molecule has 2 N–H and O–H groups in total. The van der Waals surface area contributed by atoms with Crippen LogP contribution >= 0.6 is 0 Å². The first kappa shape index (κ1) is 18.7. The molecule has 0 bridgehead atoms. The number of amides is 2. The highest BCUT2D eigenvalue weighted by molar-refractivity contribution is 5.81. The van der Waals surface area contributed by atoms with Crippen molar-refractivity contribution in [3.8, 4) is 5.75 Å². The smallest absolute Gasteiger partial charge is 0.260 e. The van der Waals surface area contributed by atoms with Crippen molar-refractivity contribution in [3.05, 3.63) is 30.3 Å². The van der Waals surface area contributed by atoms with Crippen LogP contribution in [0.25, 0.3) is 0 Å². The van der Waals surface area contributed by atoms with Crippen LogP contribution < -0.4 is 15.4 Å². The lowest BCUT2D eigenvalue weighted by molar-refractivity contribution is -0.129. The summed E-state index contributed by atoms with van der Waals surface area (Å²) in [5.41, 5.74) is 0. The van der Waals surface area contributed by atoms with Crippen molar-refractivity contribution in [1.29, 1.82) is 0 Å². The van der Waals surface area contributed by atoms with Crippen molar-refractivity contribution in [1.82, 2.24) is 10.6 Å². The van der Waals surface area contributed by atoms with E-state index >= 15 is 0 Å². The van der Waals surface area contributed by atoms with Crippen LogP contribution in [-0.2, 0) is 14.3 Å². The number of hydrogen-bond acceptors (Lipinski definition) is 4. The number of nitrogens with one attached hydrogen (secondary N) is 2. The van der Waals surface area contributed by atoms with Gasteiger partial charge in [0.25, 0.3) is 5.91 Å². The zero-order chi connectivity index (χ0) is 18.5. The normalized spacial score (nSPS) is 29.2. The highest BCUT2D eigenvalue weighted by Crippen LogP contribution is 2.35. The maximum absolute atomic E-state index is 12.5. The molecule has 1 aromatic carbocycles. The molecule has 0 aromatic heterocycles. The predicted molar refractivity (Wildman–Crippen MR) is 97.7 cm³/mol. The molecule has 0 radical (unpaired) electrons. The Hall–Kier alpha value is -2.08. The zero-order valence-electron chi connectivity index (χ0n) is 15.4. The summed E-state index contributed by atoms with van der Waals surface area (Å²) in [5.74, 6) is 1.35. The number of piperidine rings is 1. The number of ether oxygens (including phenoxy) is 2. The summed E-state index contributed by atoms with van der Waals surface area (Å²) in [4.78, 5) is 24.4. The Morgan fingerprint density at radius 2 is 2.08 bits per heavy atom. The summed E-state index contributed by atoms with van der Waals surface area (Å²) in [6.07, 6.45) is 2.64. The molecule has 26 heavy (non-hydrogen) atoms. The van der Waals surface area contributed by atoms with Gasteiger partial charge in [0, 0.05) is 32.2 Å². The van der Waals surface area contributed by atoms with Crippen molar-refractivity contribution in [2.75, 3.05) is 13.7 Å². The number of methoxy groups -OCH3 is 1. The maximum Gasteiger partial charge on any atom is 0.260 e. The fourth-order valence-corrected chi connectivity index (χ4v) is 4.18. The van der Waals surface area contributed by atoms with Crippen molar-refractivity contribution >= 4 is 11.8 Å². The fraction of sp³-hybridized carbons (Fsp3) is 0.600. The van der Waals surface area contributed by atoms with Gasteiger partial charge in [-0.15, -0.1) is 0 Å². The van der Waals surface area contributed by atoms with Gasteiger partial charge in [-0.05, 0) is 50.2 Å². The van der Waals surface area contributed by atoms with Crippen LogP contribution in [0.5, 0.6) is 5.75 Å². The molecular formula is C20H28N2O4. The molecule has 142 valence electrons. The molecular weight excluding hydrogens is 332 g/mol. The average molecular weight is 360 g/mol. The first-order valence-electron chi connectivity index (χ1n) is 9.37. The molecule has 1 heterocycles. The molecule has 6 heteroatoms. The van der Waals surface area contributed by atoms with Gasteiger partial charge in [0.05, 0.1) is 0 Å². The van der Waals surface area contributed by atoms with Crippen LogP contribution in [0.2, 0.25) is 0 Å². The Bertz CT molecular complexity index is 621. The molecule has 1 aliphatic carbocycles. The minimum absolute atomic E-state index is 0.0622.